The van der Waals surface area contributed by atoms with Crippen LogP contribution in [0.3, 0.4) is 0 Å². The molecule has 130 valence electrons. The van der Waals surface area contributed by atoms with Gasteiger partial charge in [-0.1, -0.05) is 30.3 Å². The summed E-state index contributed by atoms with van der Waals surface area (Å²) in [4.78, 5) is 6.42. The van der Waals surface area contributed by atoms with Crippen LogP contribution in [-0.4, -0.2) is 41.2 Å². The first-order chi connectivity index (χ1) is 12.2. The number of aliphatic hydroxyl groups is 1. The number of rotatable bonds is 6. The first-order valence-corrected chi connectivity index (χ1v) is 8.80. The van der Waals surface area contributed by atoms with E-state index in [1.807, 2.05) is 42.5 Å². The van der Waals surface area contributed by atoms with E-state index in [1.165, 1.54) is 0 Å². The van der Waals surface area contributed by atoms with Crippen molar-refractivity contribution in [2.24, 2.45) is 5.92 Å². The van der Waals surface area contributed by atoms with Crippen LogP contribution in [0.1, 0.15) is 30.2 Å². The molecule has 1 saturated heterocycles. The molecule has 1 aliphatic rings. The lowest BCUT2D eigenvalue weighted by atomic mass is 9.96. The highest BCUT2D eigenvalue weighted by atomic mass is 16.3. The number of piperidine rings is 1. The molecular formula is C20H24N4O. The first-order valence-electron chi connectivity index (χ1n) is 8.80. The number of nitrogens with one attached hydrogen (secondary N) is 1. The summed E-state index contributed by atoms with van der Waals surface area (Å²) in [6.07, 6.45) is 3.54. The second-order valence-corrected chi connectivity index (χ2v) is 6.60. The molecule has 0 radical (unpaired) electrons. The average molecular weight is 336 g/mol. The van der Waals surface area contributed by atoms with E-state index in [0.717, 1.165) is 43.7 Å². The molecule has 3 rings (SSSR count). The van der Waals surface area contributed by atoms with Crippen molar-refractivity contribution in [3.63, 3.8) is 0 Å². The number of likely N-dealkylation sites (tertiary alicyclic amines) is 1. The smallest absolute Gasteiger partial charge is 0.140 e. The largest absolute Gasteiger partial charge is 0.387 e. The van der Waals surface area contributed by atoms with Crippen molar-refractivity contribution in [1.29, 1.82) is 5.26 Å². The van der Waals surface area contributed by atoms with E-state index < -0.39 is 6.10 Å². The van der Waals surface area contributed by atoms with Crippen LogP contribution in [0.4, 0.5) is 5.69 Å². The molecule has 2 aromatic rings. The van der Waals surface area contributed by atoms with Crippen LogP contribution in [-0.2, 0) is 0 Å². The third kappa shape index (κ3) is 5.02. The second-order valence-electron chi connectivity index (χ2n) is 6.60. The van der Waals surface area contributed by atoms with Crippen LogP contribution < -0.4 is 5.32 Å². The Morgan fingerprint density at radius 3 is 2.60 bits per heavy atom. The number of anilines is 1. The van der Waals surface area contributed by atoms with E-state index in [1.54, 1.807) is 12.3 Å². The van der Waals surface area contributed by atoms with Crippen molar-refractivity contribution in [2.45, 2.75) is 18.9 Å². The van der Waals surface area contributed by atoms with Gasteiger partial charge in [-0.25, -0.2) is 4.98 Å². The van der Waals surface area contributed by atoms with Crippen LogP contribution in [0.5, 0.6) is 0 Å². The summed E-state index contributed by atoms with van der Waals surface area (Å²) in [6.45, 7) is 3.65. The topological polar surface area (TPSA) is 72.2 Å². The number of β-amino-alcohol motifs (C(OH)–C–C–N with tert-alkyl or cyclic N) is 1. The number of nitrogens with zero attached hydrogens (tertiary/aromatic N) is 3. The van der Waals surface area contributed by atoms with Crippen molar-refractivity contribution in [3.8, 4) is 6.07 Å². The summed E-state index contributed by atoms with van der Waals surface area (Å²) in [5.41, 5.74) is 2.39. The Morgan fingerprint density at radius 1 is 1.20 bits per heavy atom. The first kappa shape index (κ1) is 17.4. The van der Waals surface area contributed by atoms with E-state index in [0.29, 0.717) is 18.2 Å². The lowest BCUT2D eigenvalue weighted by molar-refractivity contribution is 0.0909. The maximum absolute atomic E-state index is 10.3. The van der Waals surface area contributed by atoms with Gasteiger partial charge in [-0.15, -0.1) is 0 Å². The van der Waals surface area contributed by atoms with Crippen LogP contribution >= 0.6 is 0 Å². The highest BCUT2D eigenvalue weighted by molar-refractivity contribution is 5.42. The minimum absolute atomic E-state index is 0.416. The average Bonchev–Trinajstić information content (AvgIpc) is 2.68. The molecule has 1 aromatic carbocycles. The van der Waals surface area contributed by atoms with Crippen LogP contribution in [0, 0.1) is 17.2 Å². The standard InChI is InChI=1S/C20H24N4O/c21-12-18-6-7-19(14-23-18)22-13-16-8-10-24(11-9-16)15-20(25)17-4-2-1-3-5-17/h1-7,14,16,20,22,25H,8-11,13,15H2/t20-/m0/s1. The Bertz CT molecular complexity index is 688. The number of aromatic nitrogens is 1. The van der Waals surface area contributed by atoms with E-state index in [9.17, 15) is 5.11 Å². The molecule has 2 heterocycles. The summed E-state index contributed by atoms with van der Waals surface area (Å²) < 4.78 is 0. The fraction of sp³-hybridized carbons (Fsp3) is 0.400. The Balaban J connectivity index is 1.40. The van der Waals surface area contributed by atoms with Gasteiger partial charge in [0.25, 0.3) is 0 Å². The summed E-state index contributed by atoms with van der Waals surface area (Å²) in [6, 6.07) is 15.5. The van der Waals surface area contributed by atoms with Crippen molar-refractivity contribution >= 4 is 5.69 Å². The molecule has 1 fully saturated rings. The fourth-order valence-electron chi connectivity index (χ4n) is 3.23. The predicted molar refractivity (Wildman–Crippen MR) is 98.0 cm³/mol. The predicted octanol–water partition coefficient (Wildman–Crippen LogP) is 2.81. The molecule has 0 saturated carbocycles. The Morgan fingerprint density at radius 2 is 1.96 bits per heavy atom. The van der Waals surface area contributed by atoms with Crippen LogP contribution in [0.2, 0.25) is 0 Å². The summed E-state index contributed by atoms with van der Waals surface area (Å²) in [5, 5.41) is 22.5. The van der Waals surface area contributed by atoms with E-state index in [4.69, 9.17) is 5.26 Å². The highest BCUT2D eigenvalue weighted by Crippen LogP contribution is 2.21. The molecular weight excluding hydrogens is 312 g/mol. The Hall–Kier alpha value is -2.42. The molecule has 0 unspecified atom stereocenters. The van der Waals surface area contributed by atoms with Gasteiger partial charge in [0.05, 0.1) is 18.0 Å². The van der Waals surface area contributed by atoms with Gasteiger partial charge in [-0.05, 0) is 49.5 Å². The van der Waals surface area contributed by atoms with Crippen molar-refractivity contribution in [1.82, 2.24) is 9.88 Å². The minimum atomic E-state index is -0.416. The molecule has 0 amide bonds. The molecule has 2 N–H and O–H groups in total. The van der Waals surface area contributed by atoms with E-state index in [2.05, 4.69) is 15.2 Å². The van der Waals surface area contributed by atoms with Gasteiger partial charge in [0.2, 0.25) is 0 Å². The molecule has 25 heavy (non-hydrogen) atoms. The zero-order valence-electron chi connectivity index (χ0n) is 14.3. The molecule has 1 atom stereocenters. The number of hydrogen-bond acceptors (Lipinski definition) is 5. The van der Waals surface area contributed by atoms with Crippen molar-refractivity contribution in [2.75, 3.05) is 31.5 Å². The van der Waals surface area contributed by atoms with E-state index in [-0.39, 0.29) is 0 Å². The number of nitriles is 1. The third-order valence-electron chi connectivity index (χ3n) is 4.80. The number of hydrogen-bond donors (Lipinski definition) is 2. The lowest BCUT2D eigenvalue weighted by Gasteiger charge is -2.33. The van der Waals surface area contributed by atoms with Crippen LogP contribution in [0.15, 0.2) is 48.7 Å². The van der Waals surface area contributed by atoms with Gasteiger partial charge in [-0.3, -0.25) is 0 Å². The molecule has 5 heteroatoms. The molecule has 0 bridgehead atoms. The Kier molecular flexibility index (Phi) is 5.99. The molecule has 1 aliphatic heterocycles. The summed E-state index contributed by atoms with van der Waals surface area (Å²) in [5.74, 6) is 0.626. The fourth-order valence-corrected chi connectivity index (χ4v) is 3.23. The van der Waals surface area contributed by atoms with E-state index >= 15 is 0 Å². The summed E-state index contributed by atoms with van der Waals surface area (Å²) in [7, 11) is 0. The molecule has 1 aromatic heterocycles. The quantitative estimate of drug-likeness (QED) is 0.849. The third-order valence-corrected chi connectivity index (χ3v) is 4.80. The zero-order chi connectivity index (χ0) is 17.5. The monoisotopic (exact) mass is 336 g/mol. The Labute approximate surface area is 148 Å². The maximum Gasteiger partial charge on any atom is 0.140 e. The van der Waals surface area contributed by atoms with Crippen molar-refractivity contribution < 1.29 is 5.11 Å². The number of benzene rings is 1. The molecule has 0 spiro atoms. The van der Waals surface area contributed by atoms with Crippen molar-refractivity contribution in [3.05, 3.63) is 59.9 Å². The van der Waals surface area contributed by atoms with Crippen LogP contribution in [0.25, 0.3) is 0 Å². The van der Waals surface area contributed by atoms with Gasteiger partial charge in [0.15, 0.2) is 0 Å². The van der Waals surface area contributed by atoms with Gasteiger partial charge in [0, 0.05) is 13.1 Å². The highest BCUT2D eigenvalue weighted by Gasteiger charge is 2.21. The second kappa shape index (κ2) is 8.61. The van der Waals surface area contributed by atoms with Gasteiger partial charge < -0.3 is 15.3 Å². The zero-order valence-corrected chi connectivity index (χ0v) is 14.3. The SMILES string of the molecule is N#Cc1ccc(NCC2CCN(C[C@H](O)c3ccccc3)CC2)cn1. The van der Waals surface area contributed by atoms with Gasteiger partial charge in [0.1, 0.15) is 11.8 Å². The van der Waals surface area contributed by atoms with Gasteiger partial charge >= 0.3 is 0 Å². The van der Waals surface area contributed by atoms with Gasteiger partial charge in [-0.2, -0.15) is 5.26 Å². The lowest BCUT2D eigenvalue weighted by Crippen LogP contribution is -2.38. The maximum atomic E-state index is 10.3. The minimum Gasteiger partial charge on any atom is -0.387 e. The summed E-state index contributed by atoms with van der Waals surface area (Å²) >= 11 is 0. The number of aliphatic hydroxyl groups excluding tert-OH is 1. The molecule has 0 aliphatic carbocycles. The molecule has 5 nitrogen and oxygen atoms in total. The normalized spacial score (nSPS) is 17.0. The number of pyridine rings is 1.